The lowest BCUT2D eigenvalue weighted by atomic mass is 10.1. The van der Waals surface area contributed by atoms with Gasteiger partial charge in [-0.1, -0.05) is 30.3 Å². The van der Waals surface area contributed by atoms with Crippen LogP contribution in [0.5, 0.6) is 0 Å². The van der Waals surface area contributed by atoms with Gasteiger partial charge in [0, 0.05) is 11.7 Å². The first kappa shape index (κ1) is 5.92. The third-order valence-corrected chi connectivity index (χ3v) is 1.82. The standard InChI is InChI=1S/C12H11N/c1-10-7-8-13-12(9-10)11-5-3-2-4-6-11/h2-9H,1H3/i8D,9D. The number of benzene rings is 1. The van der Waals surface area contributed by atoms with Crippen molar-refractivity contribution >= 4 is 0 Å². The van der Waals surface area contributed by atoms with Gasteiger partial charge in [0.05, 0.1) is 8.44 Å². The summed E-state index contributed by atoms with van der Waals surface area (Å²) in [5.41, 5.74) is 2.26. The second kappa shape index (κ2) is 3.40. The highest BCUT2D eigenvalue weighted by Gasteiger charge is 1.96. The van der Waals surface area contributed by atoms with Crippen LogP contribution in [0.1, 0.15) is 8.30 Å². The molecule has 0 aliphatic heterocycles. The van der Waals surface area contributed by atoms with Crippen molar-refractivity contribution in [3.8, 4) is 11.3 Å². The molecule has 0 spiro atoms. The Balaban J connectivity index is 2.63. The van der Waals surface area contributed by atoms with Crippen LogP contribution >= 0.6 is 0 Å². The van der Waals surface area contributed by atoms with Gasteiger partial charge in [-0.3, -0.25) is 4.98 Å². The molecule has 0 amide bonds. The van der Waals surface area contributed by atoms with E-state index in [9.17, 15) is 0 Å². The minimum absolute atomic E-state index is 0.211. The molecular weight excluding hydrogens is 158 g/mol. The van der Waals surface area contributed by atoms with E-state index in [0.29, 0.717) is 11.7 Å². The molecule has 1 heterocycles. The van der Waals surface area contributed by atoms with E-state index in [1.165, 1.54) is 0 Å². The van der Waals surface area contributed by atoms with Crippen LogP contribution in [0.3, 0.4) is 0 Å². The summed E-state index contributed by atoms with van der Waals surface area (Å²) in [7, 11) is 0. The highest BCUT2D eigenvalue weighted by molar-refractivity contribution is 5.59. The normalized spacial score (nSPS) is 12.1. The monoisotopic (exact) mass is 171 g/mol. The van der Waals surface area contributed by atoms with Gasteiger partial charge in [0.15, 0.2) is 0 Å². The van der Waals surface area contributed by atoms with Crippen LogP contribution < -0.4 is 0 Å². The Labute approximate surface area is 80.9 Å². The maximum atomic E-state index is 7.88. The molecule has 0 aliphatic rings. The molecule has 1 heteroatoms. The number of hydrogen-bond acceptors (Lipinski definition) is 1. The Bertz CT molecular complexity index is 480. The van der Waals surface area contributed by atoms with Gasteiger partial charge in [0.25, 0.3) is 0 Å². The fourth-order valence-corrected chi connectivity index (χ4v) is 1.18. The molecule has 13 heavy (non-hydrogen) atoms. The van der Waals surface area contributed by atoms with Crippen LogP contribution in [0, 0.1) is 6.92 Å². The van der Waals surface area contributed by atoms with Gasteiger partial charge >= 0.3 is 0 Å². The minimum atomic E-state index is 0.211. The lowest BCUT2D eigenvalue weighted by molar-refractivity contribution is 1.29. The number of aromatic nitrogens is 1. The highest BCUT2D eigenvalue weighted by atomic mass is 14.7. The largest absolute Gasteiger partial charge is 0.256 e. The number of aryl methyl sites for hydroxylation is 1. The van der Waals surface area contributed by atoms with E-state index in [2.05, 4.69) is 4.98 Å². The molecule has 1 aromatic carbocycles. The predicted molar refractivity (Wildman–Crippen MR) is 54.4 cm³/mol. The zero-order valence-electron chi connectivity index (χ0n) is 9.41. The molecule has 0 N–H and O–H groups in total. The topological polar surface area (TPSA) is 12.9 Å². The van der Waals surface area contributed by atoms with Crippen molar-refractivity contribution < 1.29 is 2.74 Å². The van der Waals surface area contributed by atoms with Crippen LogP contribution in [0.25, 0.3) is 11.3 Å². The van der Waals surface area contributed by atoms with Gasteiger partial charge < -0.3 is 0 Å². The van der Waals surface area contributed by atoms with Crippen LogP contribution in [-0.2, 0) is 0 Å². The number of pyridine rings is 1. The molecule has 0 bridgehead atoms. The fraction of sp³-hybridized carbons (Fsp3) is 0.0833. The van der Waals surface area contributed by atoms with Crippen LogP contribution in [0.4, 0.5) is 0 Å². The van der Waals surface area contributed by atoms with Crippen molar-refractivity contribution in [2.75, 3.05) is 0 Å². The lowest BCUT2D eigenvalue weighted by Crippen LogP contribution is -1.82. The molecule has 0 atom stereocenters. The first-order valence-electron chi connectivity index (χ1n) is 5.19. The molecule has 1 aromatic heterocycles. The van der Waals surface area contributed by atoms with Gasteiger partial charge in [-0.15, -0.1) is 0 Å². The molecule has 2 rings (SSSR count). The van der Waals surface area contributed by atoms with Crippen molar-refractivity contribution in [2.24, 2.45) is 0 Å². The average molecular weight is 171 g/mol. The van der Waals surface area contributed by atoms with Gasteiger partial charge in [-0.25, -0.2) is 0 Å². The summed E-state index contributed by atoms with van der Waals surface area (Å²) in [5.74, 6) is 0. The van der Waals surface area contributed by atoms with Crippen molar-refractivity contribution in [1.29, 1.82) is 0 Å². The van der Waals surface area contributed by atoms with E-state index >= 15 is 0 Å². The maximum absolute atomic E-state index is 7.88. The van der Waals surface area contributed by atoms with Crippen LogP contribution in [0.2, 0.25) is 0 Å². The summed E-state index contributed by atoms with van der Waals surface area (Å²) in [4.78, 5) is 4.08. The van der Waals surface area contributed by atoms with Crippen LogP contribution in [0.15, 0.2) is 48.6 Å². The summed E-state index contributed by atoms with van der Waals surface area (Å²) in [6.45, 7) is 1.83. The van der Waals surface area contributed by atoms with Crippen molar-refractivity contribution in [2.45, 2.75) is 6.92 Å². The summed E-state index contributed by atoms with van der Waals surface area (Å²) in [6, 6.07) is 11.5. The number of hydrogen-bond donors (Lipinski definition) is 0. The molecule has 0 saturated carbocycles. The summed E-state index contributed by atoms with van der Waals surface area (Å²) in [6.07, 6.45) is 0.211. The van der Waals surface area contributed by atoms with E-state index in [0.717, 1.165) is 11.1 Å². The number of rotatable bonds is 1. The Kier molecular flexibility index (Phi) is 1.55. The van der Waals surface area contributed by atoms with E-state index < -0.39 is 0 Å². The molecular formula is C12H11N. The average Bonchev–Trinajstić information content (AvgIpc) is 2.24. The van der Waals surface area contributed by atoms with Gasteiger partial charge in [0.2, 0.25) is 0 Å². The summed E-state index contributed by atoms with van der Waals surface area (Å²) >= 11 is 0. The van der Waals surface area contributed by atoms with E-state index in [1.807, 2.05) is 37.3 Å². The molecule has 2 aromatic rings. The summed E-state index contributed by atoms with van der Waals surface area (Å²) in [5, 5.41) is 0. The van der Waals surface area contributed by atoms with Gasteiger partial charge in [0.1, 0.15) is 0 Å². The molecule has 0 aliphatic carbocycles. The highest BCUT2D eigenvalue weighted by Crippen LogP contribution is 2.16. The Hall–Kier alpha value is -1.63. The quantitative estimate of drug-likeness (QED) is 0.642. The first-order valence-corrected chi connectivity index (χ1v) is 4.19. The molecule has 0 radical (unpaired) electrons. The first-order chi connectivity index (χ1) is 7.18. The molecule has 0 fully saturated rings. The maximum Gasteiger partial charge on any atom is 0.0840 e. The lowest BCUT2D eigenvalue weighted by Gasteiger charge is -2.00. The molecule has 0 unspecified atom stereocenters. The molecule has 0 saturated heterocycles. The van der Waals surface area contributed by atoms with Crippen molar-refractivity contribution in [1.82, 2.24) is 4.98 Å². The SMILES string of the molecule is [2H]c1cc(C)c([2H])c(-c2ccccc2)n1. The fourth-order valence-electron chi connectivity index (χ4n) is 1.18. The molecule has 64 valence electrons. The third kappa shape index (κ3) is 1.75. The Morgan fingerprint density at radius 3 is 2.69 bits per heavy atom. The zero-order chi connectivity index (χ0) is 10.8. The minimum Gasteiger partial charge on any atom is -0.256 e. The second-order valence-corrected chi connectivity index (χ2v) is 2.91. The van der Waals surface area contributed by atoms with Gasteiger partial charge in [-0.2, -0.15) is 0 Å². The molecule has 1 nitrogen and oxygen atoms in total. The van der Waals surface area contributed by atoms with Crippen molar-refractivity contribution in [3.63, 3.8) is 0 Å². The third-order valence-electron chi connectivity index (χ3n) is 1.82. The van der Waals surface area contributed by atoms with Gasteiger partial charge in [-0.05, 0) is 24.6 Å². The summed E-state index contributed by atoms with van der Waals surface area (Å²) < 4.78 is 15.4. The van der Waals surface area contributed by atoms with E-state index in [-0.39, 0.29) is 6.17 Å². The second-order valence-electron chi connectivity index (χ2n) is 2.91. The van der Waals surface area contributed by atoms with Crippen LogP contribution in [-0.4, -0.2) is 4.98 Å². The number of nitrogens with zero attached hydrogens (tertiary/aromatic N) is 1. The van der Waals surface area contributed by atoms with Crippen molar-refractivity contribution in [3.05, 3.63) is 54.2 Å². The Morgan fingerprint density at radius 1 is 1.15 bits per heavy atom. The Morgan fingerprint density at radius 2 is 1.92 bits per heavy atom. The van der Waals surface area contributed by atoms with E-state index in [4.69, 9.17) is 2.74 Å². The smallest absolute Gasteiger partial charge is 0.0840 e. The zero-order valence-corrected chi connectivity index (χ0v) is 7.41. The predicted octanol–water partition coefficient (Wildman–Crippen LogP) is 3.06. The van der Waals surface area contributed by atoms with E-state index in [1.54, 1.807) is 6.07 Å².